The van der Waals surface area contributed by atoms with Crippen LogP contribution in [0.25, 0.3) is 0 Å². The Kier molecular flexibility index (Phi) is 7.31. The third-order valence-electron chi connectivity index (χ3n) is 4.40. The molecule has 1 rings (SSSR count). The SMILES string of the molecule is O=C(CC(O)(C(F)(F)F)C(F)(F)F)c1ccc([C@H](O)CC(O)(C(F)(F)F)C(F)(F)F)cc1. The van der Waals surface area contributed by atoms with E-state index in [1.807, 2.05) is 0 Å². The first-order valence-corrected chi connectivity index (χ1v) is 8.01. The Morgan fingerprint density at radius 3 is 1.34 bits per heavy atom. The van der Waals surface area contributed by atoms with Crippen LogP contribution in [0.4, 0.5) is 52.7 Å². The quantitative estimate of drug-likeness (QED) is 0.404. The van der Waals surface area contributed by atoms with Gasteiger partial charge in [0.15, 0.2) is 5.78 Å². The molecule has 0 aliphatic heterocycles. The lowest BCUT2D eigenvalue weighted by molar-refractivity contribution is -0.374. The van der Waals surface area contributed by atoms with Crippen LogP contribution in [0.3, 0.4) is 0 Å². The predicted octanol–water partition coefficient (Wildman–Crippen LogP) is 4.39. The average molecular weight is 496 g/mol. The summed E-state index contributed by atoms with van der Waals surface area (Å²) in [5.41, 5.74) is -12.5. The second-order valence-corrected chi connectivity index (χ2v) is 6.65. The molecule has 0 amide bonds. The van der Waals surface area contributed by atoms with Gasteiger partial charge in [-0.15, -0.1) is 0 Å². The summed E-state index contributed by atoms with van der Waals surface area (Å²) in [6, 6.07) is 1.72. The van der Waals surface area contributed by atoms with Crippen molar-refractivity contribution >= 4 is 5.78 Å². The van der Waals surface area contributed by atoms with Gasteiger partial charge in [0, 0.05) is 12.0 Å². The minimum absolute atomic E-state index is 0.411. The maximum atomic E-state index is 12.7. The van der Waals surface area contributed by atoms with Gasteiger partial charge in [0.2, 0.25) is 0 Å². The number of carbonyl (C=O) groups is 1. The van der Waals surface area contributed by atoms with Gasteiger partial charge in [-0.3, -0.25) is 4.79 Å². The molecule has 0 spiro atoms. The fraction of sp³-hybridized carbons (Fsp3) is 0.562. The highest BCUT2D eigenvalue weighted by Crippen LogP contribution is 2.48. The van der Waals surface area contributed by atoms with Crippen molar-refractivity contribution < 1.29 is 72.8 Å². The van der Waals surface area contributed by atoms with Gasteiger partial charge in [-0.2, -0.15) is 52.7 Å². The van der Waals surface area contributed by atoms with Gasteiger partial charge in [0.25, 0.3) is 11.2 Å². The lowest BCUT2D eigenvalue weighted by Crippen LogP contribution is -2.57. The summed E-state index contributed by atoms with van der Waals surface area (Å²) in [5, 5.41) is 27.7. The molecule has 0 saturated heterocycles. The van der Waals surface area contributed by atoms with E-state index in [-0.39, 0.29) is 0 Å². The summed E-state index contributed by atoms with van der Waals surface area (Å²) in [4.78, 5) is 11.8. The van der Waals surface area contributed by atoms with E-state index < -0.39 is 71.8 Å². The van der Waals surface area contributed by atoms with Crippen LogP contribution in [-0.4, -0.2) is 57.0 Å². The van der Waals surface area contributed by atoms with Crippen LogP contribution < -0.4 is 0 Å². The Morgan fingerprint density at radius 2 is 1.03 bits per heavy atom. The first-order chi connectivity index (χ1) is 14.0. The number of benzene rings is 1. The van der Waals surface area contributed by atoms with Gasteiger partial charge in [-0.1, -0.05) is 24.3 Å². The minimum Gasteiger partial charge on any atom is -0.388 e. The molecule has 4 nitrogen and oxygen atoms in total. The molecule has 0 aromatic heterocycles. The topological polar surface area (TPSA) is 77.8 Å². The third-order valence-corrected chi connectivity index (χ3v) is 4.40. The zero-order valence-corrected chi connectivity index (χ0v) is 15.1. The predicted molar refractivity (Wildman–Crippen MR) is 79.1 cm³/mol. The van der Waals surface area contributed by atoms with Gasteiger partial charge in [-0.25, -0.2) is 0 Å². The second-order valence-electron chi connectivity index (χ2n) is 6.65. The summed E-state index contributed by atoms with van der Waals surface area (Å²) >= 11 is 0. The van der Waals surface area contributed by atoms with E-state index in [9.17, 15) is 62.6 Å². The summed E-state index contributed by atoms with van der Waals surface area (Å²) in [6.07, 6.45) is -32.7. The van der Waals surface area contributed by atoms with Crippen LogP contribution >= 0.6 is 0 Å². The van der Waals surface area contributed by atoms with Crippen molar-refractivity contribution in [3.05, 3.63) is 35.4 Å². The summed E-state index contributed by atoms with van der Waals surface area (Å²) in [6.45, 7) is 0. The first kappa shape index (κ1) is 28.0. The minimum atomic E-state index is -6.31. The average Bonchev–Trinajstić information content (AvgIpc) is 2.57. The van der Waals surface area contributed by atoms with E-state index in [4.69, 9.17) is 10.2 Å². The number of Topliss-reactive ketones (excluding diaryl/α,β-unsaturated/α-hetero) is 1. The zero-order valence-electron chi connectivity index (χ0n) is 15.1. The summed E-state index contributed by atoms with van der Waals surface area (Å²) in [5.74, 6) is -1.93. The highest BCUT2D eigenvalue weighted by molar-refractivity contribution is 5.96. The molecular formula is C16H12F12O4. The largest absolute Gasteiger partial charge is 0.426 e. The molecule has 1 atom stereocenters. The van der Waals surface area contributed by atoms with E-state index in [0.717, 1.165) is 0 Å². The maximum Gasteiger partial charge on any atom is 0.426 e. The Morgan fingerprint density at radius 1 is 0.688 bits per heavy atom. The monoisotopic (exact) mass is 496 g/mol. The van der Waals surface area contributed by atoms with E-state index in [1.54, 1.807) is 0 Å². The number of hydrogen-bond acceptors (Lipinski definition) is 4. The lowest BCUT2D eigenvalue weighted by Gasteiger charge is -2.33. The van der Waals surface area contributed by atoms with Crippen molar-refractivity contribution in [1.82, 2.24) is 0 Å². The molecule has 184 valence electrons. The van der Waals surface area contributed by atoms with E-state index in [0.29, 0.717) is 24.3 Å². The van der Waals surface area contributed by atoms with Gasteiger partial charge >= 0.3 is 24.7 Å². The molecule has 0 radical (unpaired) electrons. The molecule has 0 heterocycles. The number of aliphatic hydroxyl groups excluding tert-OH is 1. The molecule has 1 aromatic rings. The number of carbonyl (C=O) groups excluding carboxylic acids is 1. The normalized spacial score (nSPS) is 15.6. The Balaban J connectivity index is 3.15. The molecule has 0 aliphatic carbocycles. The first-order valence-electron chi connectivity index (χ1n) is 8.01. The summed E-state index contributed by atoms with van der Waals surface area (Å²) in [7, 11) is 0. The van der Waals surface area contributed by atoms with E-state index in [2.05, 4.69) is 0 Å². The second kappa shape index (κ2) is 8.37. The fourth-order valence-corrected chi connectivity index (χ4v) is 2.38. The number of halogens is 12. The van der Waals surface area contributed by atoms with Gasteiger partial charge in [0.05, 0.1) is 12.5 Å². The van der Waals surface area contributed by atoms with E-state index in [1.165, 1.54) is 0 Å². The Labute approximate surface area is 170 Å². The smallest absolute Gasteiger partial charge is 0.388 e. The number of aliphatic hydroxyl groups is 3. The van der Waals surface area contributed by atoms with Gasteiger partial charge in [0.1, 0.15) is 0 Å². The van der Waals surface area contributed by atoms with Crippen molar-refractivity contribution in [2.45, 2.75) is 54.9 Å². The van der Waals surface area contributed by atoms with Gasteiger partial charge in [-0.05, 0) is 5.56 Å². The number of rotatable bonds is 6. The van der Waals surface area contributed by atoms with Crippen LogP contribution in [0.2, 0.25) is 0 Å². The molecule has 0 saturated carbocycles. The van der Waals surface area contributed by atoms with Crippen molar-refractivity contribution in [1.29, 1.82) is 0 Å². The third kappa shape index (κ3) is 5.28. The van der Waals surface area contributed by atoms with Crippen molar-refractivity contribution in [2.75, 3.05) is 0 Å². The van der Waals surface area contributed by atoms with Crippen LogP contribution in [0.1, 0.15) is 34.9 Å². The molecule has 16 heteroatoms. The number of ketones is 1. The lowest BCUT2D eigenvalue weighted by atomic mass is 9.89. The highest BCUT2D eigenvalue weighted by Gasteiger charge is 2.71. The molecule has 0 aliphatic rings. The molecule has 0 unspecified atom stereocenters. The molecular weight excluding hydrogens is 484 g/mol. The maximum absolute atomic E-state index is 12.7. The Bertz CT molecular complexity index is 777. The zero-order chi connectivity index (χ0) is 25.6. The molecule has 32 heavy (non-hydrogen) atoms. The van der Waals surface area contributed by atoms with Crippen molar-refractivity contribution in [3.63, 3.8) is 0 Å². The van der Waals surface area contributed by atoms with Crippen LogP contribution in [-0.2, 0) is 0 Å². The molecule has 1 aromatic carbocycles. The Hall–Kier alpha value is -2.07. The van der Waals surface area contributed by atoms with Crippen LogP contribution in [0.5, 0.6) is 0 Å². The van der Waals surface area contributed by atoms with E-state index >= 15 is 0 Å². The molecule has 3 N–H and O–H groups in total. The van der Waals surface area contributed by atoms with Gasteiger partial charge < -0.3 is 15.3 Å². The number of alkyl halides is 12. The van der Waals surface area contributed by atoms with Crippen molar-refractivity contribution in [2.24, 2.45) is 0 Å². The highest BCUT2D eigenvalue weighted by atomic mass is 19.4. The summed E-state index contributed by atoms with van der Waals surface area (Å²) < 4.78 is 152. The fourth-order valence-electron chi connectivity index (χ4n) is 2.38. The van der Waals surface area contributed by atoms with Crippen LogP contribution in [0, 0.1) is 0 Å². The molecule has 0 bridgehead atoms. The molecule has 0 fully saturated rings. The van der Waals surface area contributed by atoms with Crippen LogP contribution in [0.15, 0.2) is 24.3 Å². The van der Waals surface area contributed by atoms with Crippen molar-refractivity contribution in [3.8, 4) is 0 Å². The standard InChI is InChI=1S/C16H12F12O4/c17-13(18,19)11(31,14(20,21)22)5-9(29)7-1-2-8(4-3-7)10(30)6-12(32,15(23,24)25)16(26,27)28/h1-4,9,29,31-32H,5-6H2/t9-/m1/s1. The number of hydrogen-bond donors (Lipinski definition) is 3.